The first-order valence-corrected chi connectivity index (χ1v) is 12.4. The van der Waals surface area contributed by atoms with Crippen LogP contribution in [-0.4, -0.2) is 20.9 Å². The fourth-order valence-corrected chi connectivity index (χ4v) is 5.17. The monoisotopic (exact) mass is 470 g/mol. The van der Waals surface area contributed by atoms with Gasteiger partial charge in [-0.2, -0.15) is 0 Å². The fraction of sp³-hybridized carbons (Fsp3) is 0.107. The Morgan fingerprint density at radius 2 is 1.24 bits per heavy atom. The Hall–Kier alpha value is -3.90. The zero-order valence-corrected chi connectivity index (χ0v) is 19.7. The second kappa shape index (κ2) is 10.4. The number of benzene rings is 4. The molecule has 4 aromatic carbocycles. The Morgan fingerprint density at radius 3 is 1.82 bits per heavy atom. The molecule has 1 N–H and O–H groups in total. The number of hydrogen-bond donors (Lipinski definition) is 1. The van der Waals surface area contributed by atoms with E-state index in [0.717, 1.165) is 21.0 Å². The third kappa shape index (κ3) is 5.35. The van der Waals surface area contributed by atoms with E-state index in [2.05, 4.69) is 5.32 Å². The van der Waals surface area contributed by atoms with E-state index in [-0.39, 0.29) is 11.4 Å². The van der Waals surface area contributed by atoms with Crippen LogP contribution in [0.25, 0.3) is 0 Å². The number of hydrogen-bond acceptors (Lipinski definition) is 3. The van der Waals surface area contributed by atoms with E-state index in [0.29, 0.717) is 5.69 Å². The van der Waals surface area contributed by atoms with Gasteiger partial charge in [-0.15, -0.1) is 0 Å². The molecule has 0 aliphatic rings. The molecule has 0 heterocycles. The van der Waals surface area contributed by atoms with Gasteiger partial charge in [0.15, 0.2) is 0 Å². The minimum atomic E-state index is -3.95. The third-order valence-corrected chi connectivity index (χ3v) is 7.30. The number of carbonyl (C=O) groups excluding carboxylic acids is 1. The number of aryl methyl sites for hydroxylation is 1. The lowest BCUT2D eigenvalue weighted by atomic mass is 9.98. The summed E-state index contributed by atoms with van der Waals surface area (Å²) in [5.41, 5.74) is 3.37. The number of carbonyl (C=O) groups is 1. The second-order valence-corrected chi connectivity index (χ2v) is 9.84. The van der Waals surface area contributed by atoms with Crippen molar-refractivity contribution < 1.29 is 13.2 Å². The zero-order valence-electron chi connectivity index (χ0n) is 18.8. The first-order valence-electron chi connectivity index (χ1n) is 11.0. The molecule has 172 valence electrons. The van der Waals surface area contributed by atoms with Crippen LogP contribution < -0.4 is 9.62 Å². The van der Waals surface area contributed by atoms with Gasteiger partial charge < -0.3 is 5.32 Å². The fourth-order valence-electron chi connectivity index (χ4n) is 3.73. The van der Waals surface area contributed by atoms with Crippen molar-refractivity contribution in [2.75, 3.05) is 10.8 Å². The average Bonchev–Trinajstić information content (AvgIpc) is 2.88. The molecule has 0 aliphatic carbocycles. The molecule has 0 saturated heterocycles. The Bertz CT molecular complexity index is 1330. The van der Waals surface area contributed by atoms with Crippen LogP contribution in [0.2, 0.25) is 0 Å². The highest BCUT2D eigenvalue weighted by molar-refractivity contribution is 7.92. The van der Waals surface area contributed by atoms with Gasteiger partial charge in [0.2, 0.25) is 5.91 Å². The Labute approximate surface area is 200 Å². The van der Waals surface area contributed by atoms with E-state index in [4.69, 9.17) is 0 Å². The summed E-state index contributed by atoms with van der Waals surface area (Å²) >= 11 is 0. The topological polar surface area (TPSA) is 66.5 Å². The smallest absolute Gasteiger partial charge is 0.264 e. The summed E-state index contributed by atoms with van der Waals surface area (Å²) in [7, 11) is -3.95. The number of nitrogens with one attached hydrogen (secondary N) is 1. The SMILES string of the molecule is Cc1ccc([C@@H](NC(=O)CN(c2ccccc2)S(=O)(=O)c2ccccc2)c2ccccc2)cc1. The summed E-state index contributed by atoms with van der Waals surface area (Å²) in [6.45, 7) is 1.66. The number of anilines is 1. The minimum absolute atomic E-state index is 0.129. The van der Waals surface area contributed by atoms with E-state index in [9.17, 15) is 13.2 Å². The van der Waals surface area contributed by atoms with E-state index < -0.39 is 22.0 Å². The molecule has 6 heteroatoms. The number of amides is 1. The Morgan fingerprint density at radius 1 is 0.735 bits per heavy atom. The highest BCUT2D eigenvalue weighted by Crippen LogP contribution is 2.25. The minimum Gasteiger partial charge on any atom is -0.344 e. The normalized spacial score (nSPS) is 12.0. The van der Waals surface area contributed by atoms with Crippen LogP contribution in [0.15, 0.2) is 120 Å². The molecular weight excluding hydrogens is 444 g/mol. The molecule has 0 unspecified atom stereocenters. The van der Waals surface area contributed by atoms with Crippen molar-refractivity contribution in [1.29, 1.82) is 0 Å². The first kappa shape index (κ1) is 23.3. The molecule has 4 rings (SSSR count). The molecule has 4 aromatic rings. The van der Waals surface area contributed by atoms with Crippen LogP contribution >= 0.6 is 0 Å². The Kier molecular flexibility index (Phi) is 7.09. The van der Waals surface area contributed by atoms with Gasteiger partial charge >= 0.3 is 0 Å². The lowest BCUT2D eigenvalue weighted by Gasteiger charge is -2.26. The summed E-state index contributed by atoms with van der Waals surface area (Å²) in [5.74, 6) is -0.405. The number of nitrogens with zero attached hydrogens (tertiary/aromatic N) is 1. The summed E-state index contributed by atoms with van der Waals surface area (Å²) in [6.07, 6.45) is 0. The highest BCUT2D eigenvalue weighted by Gasteiger charge is 2.28. The van der Waals surface area contributed by atoms with E-state index in [1.165, 1.54) is 12.1 Å². The van der Waals surface area contributed by atoms with Crippen molar-refractivity contribution in [3.05, 3.63) is 132 Å². The summed E-state index contributed by atoms with van der Waals surface area (Å²) in [5, 5.41) is 3.05. The van der Waals surface area contributed by atoms with Crippen LogP contribution in [0.4, 0.5) is 5.69 Å². The van der Waals surface area contributed by atoms with Crippen LogP contribution in [-0.2, 0) is 14.8 Å². The zero-order chi connectivity index (χ0) is 24.0. The van der Waals surface area contributed by atoms with Crippen molar-refractivity contribution in [3.63, 3.8) is 0 Å². The molecule has 0 aromatic heterocycles. The molecule has 1 amide bonds. The van der Waals surface area contributed by atoms with Gasteiger partial charge in [0, 0.05) is 0 Å². The lowest BCUT2D eigenvalue weighted by Crippen LogP contribution is -2.42. The standard InChI is InChI=1S/C28H26N2O3S/c1-22-17-19-24(20-18-22)28(23-11-5-2-6-12-23)29-27(31)21-30(25-13-7-3-8-14-25)34(32,33)26-15-9-4-10-16-26/h2-20,28H,21H2,1H3,(H,29,31)/t28-/m0/s1. The van der Waals surface area contributed by atoms with Gasteiger partial charge in [-0.25, -0.2) is 8.42 Å². The molecule has 0 bridgehead atoms. The maximum absolute atomic E-state index is 13.5. The van der Waals surface area contributed by atoms with Gasteiger partial charge in [-0.05, 0) is 42.3 Å². The highest BCUT2D eigenvalue weighted by atomic mass is 32.2. The number of rotatable bonds is 8. The molecular formula is C28H26N2O3S. The van der Waals surface area contributed by atoms with Gasteiger partial charge in [-0.3, -0.25) is 9.10 Å². The van der Waals surface area contributed by atoms with Gasteiger partial charge in [0.05, 0.1) is 16.6 Å². The van der Waals surface area contributed by atoms with Gasteiger partial charge in [0.1, 0.15) is 6.54 Å². The summed E-state index contributed by atoms with van der Waals surface area (Å²) in [4.78, 5) is 13.4. The molecule has 0 aliphatic heterocycles. The second-order valence-electron chi connectivity index (χ2n) is 7.98. The quantitative estimate of drug-likeness (QED) is 0.390. The van der Waals surface area contributed by atoms with Crippen molar-refractivity contribution in [3.8, 4) is 0 Å². The molecule has 0 saturated carbocycles. The average molecular weight is 471 g/mol. The third-order valence-electron chi connectivity index (χ3n) is 5.51. The van der Waals surface area contributed by atoms with Crippen molar-refractivity contribution in [2.45, 2.75) is 17.9 Å². The Balaban J connectivity index is 1.66. The maximum Gasteiger partial charge on any atom is 0.264 e. The molecule has 0 radical (unpaired) electrons. The summed E-state index contributed by atoms with van der Waals surface area (Å²) in [6, 6.07) is 34.0. The largest absolute Gasteiger partial charge is 0.344 e. The lowest BCUT2D eigenvalue weighted by molar-refractivity contribution is -0.120. The molecule has 34 heavy (non-hydrogen) atoms. The van der Waals surface area contributed by atoms with Crippen LogP contribution in [0, 0.1) is 6.92 Å². The van der Waals surface area contributed by atoms with Gasteiger partial charge in [-0.1, -0.05) is 96.6 Å². The van der Waals surface area contributed by atoms with Crippen LogP contribution in [0.1, 0.15) is 22.7 Å². The van der Waals surface area contributed by atoms with E-state index >= 15 is 0 Å². The maximum atomic E-state index is 13.5. The molecule has 5 nitrogen and oxygen atoms in total. The molecule has 0 fully saturated rings. The van der Waals surface area contributed by atoms with Crippen LogP contribution in [0.3, 0.4) is 0 Å². The van der Waals surface area contributed by atoms with Crippen LogP contribution in [0.5, 0.6) is 0 Å². The summed E-state index contributed by atoms with van der Waals surface area (Å²) < 4.78 is 28.1. The first-order chi connectivity index (χ1) is 16.4. The molecule has 1 atom stereocenters. The van der Waals surface area contributed by atoms with Crippen molar-refractivity contribution >= 4 is 21.6 Å². The number of para-hydroxylation sites is 1. The number of sulfonamides is 1. The molecule has 0 spiro atoms. The van der Waals surface area contributed by atoms with E-state index in [1.54, 1.807) is 48.5 Å². The van der Waals surface area contributed by atoms with Gasteiger partial charge in [0.25, 0.3) is 10.0 Å². The van der Waals surface area contributed by atoms with Crippen molar-refractivity contribution in [2.24, 2.45) is 0 Å². The van der Waals surface area contributed by atoms with Crippen molar-refractivity contribution in [1.82, 2.24) is 5.32 Å². The van der Waals surface area contributed by atoms with E-state index in [1.807, 2.05) is 61.5 Å². The predicted octanol–water partition coefficient (Wildman–Crippen LogP) is 5.10. The predicted molar refractivity (Wildman–Crippen MR) is 135 cm³/mol.